The standard InChI is InChI=1S/C58H43N/c1-57(2)53-27-14-12-25-49(53)51-36-34-48(39-55(51)57)59(46-22-10-5-11-23-46)47-24-16-19-42(37-47)43-31-35-52-50-26-13-15-28-54(50)58(56(52)38-43,44-20-8-4-9-21-44)45-32-29-41(30-33-45)40-17-6-3-7-18-40/h3-39H,1-2H3. The summed E-state index contributed by atoms with van der Waals surface area (Å²) in [5, 5.41) is 0. The molecule has 11 rings (SSSR count). The molecule has 9 aromatic carbocycles. The van der Waals surface area contributed by atoms with E-state index in [2.05, 4.69) is 243 Å². The van der Waals surface area contributed by atoms with Crippen LogP contribution in [0.3, 0.4) is 0 Å². The number of nitrogens with zero attached hydrogens (tertiary/aromatic N) is 1. The van der Waals surface area contributed by atoms with Gasteiger partial charge in [-0.05, 0) is 120 Å². The Hall–Kier alpha value is -7.22. The Morgan fingerprint density at radius 1 is 0.288 bits per heavy atom. The minimum absolute atomic E-state index is 0.0960. The highest BCUT2D eigenvalue weighted by molar-refractivity contribution is 5.90. The van der Waals surface area contributed by atoms with Crippen molar-refractivity contribution in [2.24, 2.45) is 0 Å². The number of para-hydroxylation sites is 1. The first-order chi connectivity index (χ1) is 29.0. The normalized spacial score (nSPS) is 15.5. The molecule has 9 aromatic rings. The maximum atomic E-state index is 2.47. The fourth-order valence-electron chi connectivity index (χ4n) is 10.2. The average Bonchev–Trinajstić information content (AvgIpc) is 3.73. The molecule has 0 bridgehead atoms. The molecule has 280 valence electrons. The Balaban J connectivity index is 1.07. The van der Waals surface area contributed by atoms with Gasteiger partial charge in [0.1, 0.15) is 0 Å². The fourth-order valence-corrected chi connectivity index (χ4v) is 10.2. The Morgan fingerprint density at radius 3 is 1.51 bits per heavy atom. The summed E-state index contributed by atoms with van der Waals surface area (Å²) in [5.41, 5.74) is 20.7. The Bertz CT molecular complexity index is 3000. The van der Waals surface area contributed by atoms with E-state index in [0.717, 1.165) is 17.1 Å². The SMILES string of the molecule is CC1(C)c2ccccc2-c2ccc(N(c3ccccc3)c3cccc(-c4ccc5c(c4)C(c4ccccc4)(c4ccc(-c6ccccc6)cc4)c4ccccc4-5)c3)cc21. The lowest BCUT2D eigenvalue weighted by Crippen LogP contribution is -2.28. The molecule has 0 aliphatic heterocycles. The van der Waals surface area contributed by atoms with Gasteiger partial charge in [0.25, 0.3) is 0 Å². The van der Waals surface area contributed by atoms with Crippen molar-refractivity contribution in [2.75, 3.05) is 4.90 Å². The highest BCUT2D eigenvalue weighted by Gasteiger charge is 2.46. The van der Waals surface area contributed by atoms with Crippen molar-refractivity contribution in [2.45, 2.75) is 24.7 Å². The second kappa shape index (κ2) is 13.7. The molecule has 1 nitrogen and oxygen atoms in total. The molecule has 2 aliphatic rings. The van der Waals surface area contributed by atoms with Gasteiger partial charge in [-0.2, -0.15) is 0 Å². The molecule has 1 heteroatoms. The van der Waals surface area contributed by atoms with E-state index in [1.807, 2.05) is 0 Å². The summed E-state index contributed by atoms with van der Waals surface area (Å²) >= 11 is 0. The summed E-state index contributed by atoms with van der Waals surface area (Å²) in [7, 11) is 0. The van der Waals surface area contributed by atoms with Crippen LogP contribution in [0, 0.1) is 0 Å². The predicted molar refractivity (Wildman–Crippen MR) is 247 cm³/mol. The summed E-state index contributed by atoms with van der Waals surface area (Å²) < 4.78 is 0. The molecule has 0 spiro atoms. The van der Waals surface area contributed by atoms with Gasteiger partial charge in [-0.1, -0.05) is 196 Å². The molecule has 0 saturated heterocycles. The third-order valence-electron chi connectivity index (χ3n) is 13.0. The number of benzene rings is 9. The second-order valence-corrected chi connectivity index (χ2v) is 16.5. The zero-order valence-corrected chi connectivity index (χ0v) is 33.3. The van der Waals surface area contributed by atoms with Crippen LogP contribution in [0.4, 0.5) is 17.1 Å². The molecule has 0 radical (unpaired) electrons. The van der Waals surface area contributed by atoms with Crippen LogP contribution < -0.4 is 4.90 Å². The van der Waals surface area contributed by atoms with E-state index in [4.69, 9.17) is 0 Å². The van der Waals surface area contributed by atoms with Crippen LogP contribution in [0.25, 0.3) is 44.5 Å². The van der Waals surface area contributed by atoms with E-state index in [1.165, 1.54) is 77.9 Å². The van der Waals surface area contributed by atoms with Gasteiger partial charge >= 0.3 is 0 Å². The largest absolute Gasteiger partial charge is 0.310 e. The molecule has 2 aliphatic carbocycles. The van der Waals surface area contributed by atoms with E-state index in [1.54, 1.807) is 0 Å². The summed E-state index contributed by atoms with van der Waals surface area (Å²) in [6, 6.07) is 83.0. The third kappa shape index (κ3) is 5.46. The van der Waals surface area contributed by atoms with E-state index in [0.29, 0.717) is 0 Å². The summed E-state index contributed by atoms with van der Waals surface area (Å²) in [6.45, 7) is 4.71. The van der Waals surface area contributed by atoms with Crippen LogP contribution >= 0.6 is 0 Å². The molecule has 1 atom stereocenters. The maximum Gasteiger partial charge on any atom is 0.0713 e. The molecule has 0 amide bonds. The molecule has 0 saturated carbocycles. The van der Waals surface area contributed by atoms with E-state index in [9.17, 15) is 0 Å². The van der Waals surface area contributed by atoms with Crippen LogP contribution in [0.5, 0.6) is 0 Å². The summed E-state index contributed by atoms with van der Waals surface area (Å²) in [5.74, 6) is 0. The number of fused-ring (bicyclic) bond motifs is 6. The van der Waals surface area contributed by atoms with Gasteiger partial charge in [0.15, 0.2) is 0 Å². The predicted octanol–water partition coefficient (Wildman–Crippen LogP) is 15.2. The number of rotatable bonds is 7. The lowest BCUT2D eigenvalue weighted by atomic mass is 9.67. The van der Waals surface area contributed by atoms with E-state index in [-0.39, 0.29) is 5.41 Å². The van der Waals surface area contributed by atoms with Crippen LogP contribution in [0.2, 0.25) is 0 Å². The molecule has 59 heavy (non-hydrogen) atoms. The molecule has 1 unspecified atom stereocenters. The zero-order chi connectivity index (χ0) is 39.6. The van der Waals surface area contributed by atoms with Crippen LogP contribution in [0.15, 0.2) is 224 Å². The molecule has 0 aromatic heterocycles. The van der Waals surface area contributed by atoms with Gasteiger partial charge in [0.05, 0.1) is 5.41 Å². The van der Waals surface area contributed by atoms with Gasteiger partial charge in [-0.15, -0.1) is 0 Å². The highest BCUT2D eigenvalue weighted by Crippen LogP contribution is 2.57. The summed E-state index contributed by atoms with van der Waals surface area (Å²) in [6.07, 6.45) is 0. The lowest BCUT2D eigenvalue weighted by molar-refractivity contribution is 0.660. The fraction of sp³-hybridized carbons (Fsp3) is 0.0690. The molecular weight excluding hydrogens is 711 g/mol. The van der Waals surface area contributed by atoms with Gasteiger partial charge < -0.3 is 4.90 Å². The minimum atomic E-state index is -0.499. The highest BCUT2D eigenvalue weighted by atomic mass is 15.1. The smallest absolute Gasteiger partial charge is 0.0713 e. The van der Waals surface area contributed by atoms with Crippen molar-refractivity contribution >= 4 is 17.1 Å². The van der Waals surface area contributed by atoms with Crippen molar-refractivity contribution in [1.82, 2.24) is 0 Å². The Kier molecular flexibility index (Phi) is 8.13. The van der Waals surface area contributed by atoms with Crippen molar-refractivity contribution in [3.8, 4) is 44.5 Å². The van der Waals surface area contributed by atoms with Gasteiger partial charge in [0.2, 0.25) is 0 Å². The summed E-state index contributed by atoms with van der Waals surface area (Å²) in [4.78, 5) is 2.41. The second-order valence-electron chi connectivity index (χ2n) is 16.5. The van der Waals surface area contributed by atoms with Crippen LogP contribution in [-0.2, 0) is 10.8 Å². The molecule has 0 fully saturated rings. The van der Waals surface area contributed by atoms with E-state index < -0.39 is 5.41 Å². The monoisotopic (exact) mass is 753 g/mol. The molecular formula is C58H43N. The first kappa shape index (κ1) is 35.0. The van der Waals surface area contributed by atoms with Gasteiger partial charge in [-0.25, -0.2) is 0 Å². The van der Waals surface area contributed by atoms with Crippen molar-refractivity contribution in [1.29, 1.82) is 0 Å². The first-order valence-electron chi connectivity index (χ1n) is 20.7. The van der Waals surface area contributed by atoms with Gasteiger partial charge in [0, 0.05) is 22.5 Å². The van der Waals surface area contributed by atoms with E-state index >= 15 is 0 Å². The average molecular weight is 754 g/mol. The topological polar surface area (TPSA) is 3.24 Å². The minimum Gasteiger partial charge on any atom is -0.310 e. The van der Waals surface area contributed by atoms with Crippen molar-refractivity contribution in [3.05, 3.63) is 258 Å². The molecule has 0 N–H and O–H groups in total. The maximum absolute atomic E-state index is 2.47. The van der Waals surface area contributed by atoms with Crippen LogP contribution in [-0.4, -0.2) is 0 Å². The molecule has 0 heterocycles. The lowest BCUT2D eigenvalue weighted by Gasteiger charge is -2.34. The number of anilines is 3. The quantitative estimate of drug-likeness (QED) is 0.157. The van der Waals surface area contributed by atoms with Crippen molar-refractivity contribution < 1.29 is 0 Å². The zero-order valence-electron chi connectivity index (χ0n) is 33.3. The third-order valence-corrected chi connectivity index (χ3v) is 13.0. The number of hydrogen-bond acceptors (Lipinski definition) is 1. The van der Waals surface area contributed by atoms with Crippen LogP contribution in [0.1, 0.15) is 47.2 Å². The van der Waals surface area contributed by atoms with Gasteiger partial charge in [-0.3, -0.25) is 0 Å². The Labute approximate surface area is 347 Å². The van der Waals surface area contributed by atoms with Crippen molar-refractivity contribution in [3.63, 3.8) is 0 Å². The first-order valence-corrected chi connectivity index (χ1v) is 20.7. The Morgan fingerprint density at radius 2 is 0.763 bits per heavy atom. The number of hydrogen-bond donors (Lipinski definition) is 0.